The average molecular weight is 610 g/mol. The van der Waals surface area contributed by atoms with Crippen molar-refractivity contribution in [3.05, 3.63) is 51.6 Å². The lowest BCUT2D eigenvalue weighted by molar-refractivity contribution is -0.252. The van der Waals surface area contributed by atoms with E-state index in [1.165, 1.54) is 25.3 Å². The summed E-state index contributed by atoms with van der Waals surface area (Å²) in [5.74, 6) is -4.18. The van der Waals surface area contributed by atoms with Crippen LogP contribution in [0.2, 0.25) is 0 Å². The largest absolute Gasteiger partial charge is 0.507 e. The highest BCUT2D eigenvalue weighted by Gasteiger charge is 2.56. The van der Waals surface area contributed by atoms with Crippen LogP contribution in [0.1, 0.15) is 74.9 Å². The highest BCUT2D eigenvalue weighted by Crippen LogP contribution is 2.56. The van der Waals surface area contributed by atoms with Crippen LogP contribution in [0.4, 0.5) is 0 Å². The first-order valence-corrected chi connectivity index (χ1v) is 12.9. The molecule has 0 saturated carbocycles. The summed E-state index contributed by atoms with van der Waals surface area (Å²) >= 11 is 0. The number of hydrogen-bond acceptors (Lipinski definition) is 13. The zero-order chi connectivity index (χ0) is 30.0. The van der Waals surface area contributed by atoms with E-state index in [2.05, 4.69) is 0 Å². The third-order valence-corrected chi connectivity index (χ3v) is 8.14. The van der Waals surface area contributed by atoms with Crippen molar-refractivity contribution < 1.29 is 58.9 Å². The van der Waals surface area contributed by atoms with Gasteiger partial charge < -0.3 is 50.2 Å². The minimum atomic E-state index is -2.50. The van der Waals surface area contributed by atoms with Gasteiger partial charge in [-0.3, -0.25) is 14.4 Å². The summed E-state index contributed by atoms with van der Waals surface area (Å²) in [7, 11) is 2.44. The van der Waals surface area contributed by atoms with Crippen LogP contribution in [0.25, 0.3) is 0 Å². The van der Waals surface area contributed by atoms with Crippen LogP contribution in [0.15, 0.2) is 18.2 Å². The second kappa shape index (κ2) is 11.5. The number of aliphatic hydroxyl groups excluding tert-OH is 2. The first-order chi connectivity index (χ1) is 19.4. The fourth-order valence-corrected chi connectivity index (χ4v) is 6.09. The maximum atomic E-state index is 13.8. The number of hydrogen-bond donors (Lipinski definition) is 6. The molecular formula is C28H32ClNO12. The molecular weight excluding hydrogens is 578 g/mol. The monoisotopic (exact) mass is 609 g/mol. The number of carbonyl (C=O) groups excluding carboxylic acids is 3. The lowest BCUT2D eigenvalue weighted by Gasteiger charge is -2.45. The quantitative estimate of drug-likeness (QED) is 0.211. The molecule has 42 heavy (non-hydrogen) atoms. The molecule has 0 aromatic heterocycles. The number of fused-ring (bicyclic) bond motifs is 3. The summed E-state index contributed by atoms with van der Waals surface area (Å²) < 4.78 is 22.5. The summed E-state index contributed by atoms with van der Waals surface area (Å²) in [5, 5.41) is 54.6. The Kier molecular flexibility index (Phi) is 8.71. The second-order valence-electron chi connectivity index (χ2n) is 10.4. The van der Waals surface area contributed by atoms with Gasteiger partial charge in [-0.25, -0.2) is 0 Å². The summed E-state index contributed by atoms with van der Waals surface area (Å²) in [6.07, 6.45) is -6.60. The topological polar surface area (TPSA) is 215 Å². The van der Waals surface area contributed by atoms with Gasteiger partial charge in [-0.2, -0.15) is 0 Å². The Morgan fingerprint density at radius 1 is 1.10 bits per heavy atom. The second-order valence-corrected chi connectivity index (χ2v) is 10.4. The summed E-state index contributed by atoms with van der Waals surface area (Å²) in [6, 6.07) is 3.56. The molecule has 228 valence electrons. The molecule has 5 rings (SSSR count). The number of ether oxygens (including phenoxy) is 4. The van der Waals surface area contributed by atoms with Crippen molar-refractivity contribution in [3.63, 3.8) is 0 Å². The van der Waals surface area contributed by atoms with E-state index in [0.717, 1.165) is 7.11 Å². The number of rotatable bonds is 6. The van der Waals surface area contributed by atoms with Gasteiger partial charge >= 0.3 is 0 Å². The molecule has 1 fully saturated rings. The zero-order valence-corrected chi connectivity index (χ0v) is 23.7. The maximum Gasteiger partial charge on any atom is 0.202 e. The minimum absolute atomic E-state index is 0. The van der Waals surface area contributed by atoms with Crippen molar-refractivity contribution in [2.24, 2.45) is 5.73 Å². The van der Waals surface area contributed by atoms with Gasteiger partial charge in [-0.15, -0.1) is 12.4 Å². The lowest BCUT2D eigenvalue weighted by atomic mass is 9.70. The van der Waals surface area contributed by atoms with Crippen LogP contribution in [0, 0.1) is 0 Å². The van der Waals surface area contributed by atoms with Crippen molar-refractivity contribution in [2.45, 2.75) is 62.1 Å². The first kappa shape index (κ1) is 31.8. The number of halogens is 1. The molecule has 13 nitrogen and oxygen atoms in total. The SMILES string of the molecule is COc1cccc2c1C(=O)c1c(O)c3c(c(O)c1C2=O)[C@@H](OC)[C@@](O)(C(=O)CO)C[C@@H]3OC1CC(N)C(O)C(C)O1.Cl. The van der Waals surface area contributed by atoms with Crippen LogP contribution >= 0.6 is 12.4 Å². The number of nitrogens with two attached hydrogens (primary N) is 1. The van der Waals surface area contributed by atoms with E-state index in [1.807, 2.05) is 0 Å². The molecule has 0 spiro atoms. The Morgan fingerprint density at radius 3 is 2.33 bits per heavy atom. The van der Waals surface area contributed by atoms with E-state index in [1.54, 1.807) is 6.92 Å². The number of carbonyl (C=O) groups is 3. The number of phenols is 2. The van der Waals surface area contributed by atoms with Crippen molar-refractivity contribution in [3.8, 4) is 17.2 Å². The molecule has 4 unspecified atom stereocenters. The predicted molar refractivity (Wildman–Crippen MR) is 145 cm³/mol. The van der Waals surface area contributed by atoms with E-state index in [0.29, 0.717) is 0 Å². The Bertz CT molecular complexity index is 1430. The number of Topliss-reactive ketones (excluding diaryl/α,β-unsaturated/α-hetero) is 1. The molecule has 1 aliphatic heterocycles. The highest BCUT2D eigenvalue weighted by atomic mass is 35.5. The van der Waals surface area contributed by atoms with Gasteiger partial charge in [0.2, 0.25) is 5.78 Å². The van der Waals surface area contributed by atoms with Gasteiger partial charge in [0.25, 0.3) is 0 Å². The van der Waals surface area contributed by atoms with Crippen molar-refractivity contribution in [1.29, 1.82) is 0 Å². The molecule has 7 atom stereocenters. The summed E-state index contributed by atoms with van der Waals surface area (Å²) in [5.41, 5.74) is 1.66. The summed E-state index contributed by atoms with van der Waals surface area (Å²) in [6.45, 7) is 0.463. The Labute approximate surface area is 246 Å². The molecule has 0 bridgehead atoms. The normalized spacial score (nSPS) is 30.1. The molecule has 3 aliphatic rings. The lowest BCUT2D eigenvalue weighted by Crippen LogP contribution is -2.54. The van der Waals surface area contributed by atoms with Gasteiger partial charge in [0.05, 0.1) is 42.1 Å². The minimum Gasteiger partial charge on any atom is -0.507 e. The fraction of sp³-hybridized carbons (Fsp3) is 0.464. The number of phenolic OH excluding ortho intramolecular Hbond substituents is 2. The van der Waals surface area contributed by atoms with E-state index >= 15 is 0 Å². The Morgan fingerprint density at radius 2 is 1.74 bits per heavy atom. The van der Waals surface area contributed by atoms with E-state index in [9.17, 15) is 39.9 Å². The molecule has 7 N–H and O–H groups in total. The third kappa shape index (κ3) is 4.57. The number of aromatic hydroxyl groups is 2. The number of aliphatic hydroxyl groups is 3. The van der Waals surface area contributed by atoms with Crippen LogP contribution in [0.3, 0.4) is 0 Å². The smallest absolute Gasteiger partial charge is 0.202 e. The van der Waals surface area contributed by atoms with Gasteiger partial charge in [0.15, 0.2) is 23.5 Å². The zero-order valence-electron chi connectivity index (χ0n) is 22.9. The van der Waals surface area contributed by atoms with Gasteiger partial charge in [0, 0.05) is 42.7 Å². The average Bonchev–Trinajstić information content (AvgIpc) is 2.95. The third-order valence-electron chi connectivity index (χ3n) is 8.14. The Hall–Kier alpha value is -3.14. The standard InChI is InChI=1S/C28H31NO12.ClH/c1-10-22(32)12(29)7-16(40-10)41-14-8-28(37,15(31)9-30)27(39-3)21-18(14)25(35)20-19(26(21)36)23(33)11-5-4-6-13(38-2)17(11)24(20)34;/h4-6,10,12,14,16,22,27,30,32,35-37H,7-9,29H2,1-3H3;1H/t10?,12?,14-,16?,22?,27+,28-;/m0./s1. The molecule has 14 heteroatoms. The number of methoxy groups -OCH3 is 2. The van der Waals surface area contributed by atoms with E-state index in [-0.39, 0.29) is 46.8 Å². The first-order valence-electron chi connectivity index (χ1n) is 12.9. The van der Waals surface area contributed by atoms with Crippen molar-refractivity contribution in [2.75, 3.05) is 20.8 Å². The van der Waals surface area contributed by atoms with E-state index < -0.39 is 95.4 Å². The predicted octanol–water partition coefficient (Wildman–Crippen LogP) is 0.568. The van der Waals surface area contributed by atoms with Crippen molar-refractivity contribution in [1.82, 2.24) is 0 Å². The van der Waals surface area contributed by atoms with Gasteiger partial charge in [0.1, 0.15) is 30.0 Å². The summed E-state index contributed by atoms with van der Waals surface area (Å²) in [4.78, 5) is 40.3. The van der Waals surface area contributed by atoms with Crippen LogP contribution < -0.4 is 10.5 Å². The van der Waals surface area contributed by atoms with Crippen LogP contribution in [-0.2, 0) is 19.0 Å². The molecule has 0 amide bonds. The van der Waals surface area contributed by atoms with Crippen LogP contribution in [0.5, 0.6) is 17.2 Å². The Balaban J connectivity index is 0.00000405. The fourth-order valence-electron chi connectivity index (χ4n) is 6.09. The molecule has 1 saturated heterocycles. The molecule has 1 heterocycles. The molecule has 2 aliphatic carbocycles. The molecule has 2 aromatic carbocycles. The van der Waals surface area contributed by atoms with Gasteiger partial charge in [-0.1, -0.05) is 12.1 Å². The molecule has 0 radical (unpaired) electrons. The number of ketones is 3. The number of benzene rings is 2. The molecule has 2 aromatic rings. The van der Waals surface area contributed by atoms with Crippen LogP contribution in [-0.4, -0.2) is 93.8 Å². The van der Waals surface area contributed by atoms with E-state index in [4.69, 9.17) is 24.7 Å². The van der Waals surface area contributed by atoms with Gasteiger partial charge in [-0.05, 0) is 13.0 Å². The maximum absolute atomic E-state index is 13.8. The van der Waals surface area contributed by atoms with Crippen molar-refractivity contribution >= 4 is 29.8 Å². The highest BCUT2D eigenvalue weighted by molar-refractivity contribution is 6.31.